The van der Waals surface area contributed by atoms with Gasteiger partial charge in [-0.3, -0.25) is 4.98 Å². The van der Waals surface area contributed by atoms with Crippen molar-refractivity contribution in [3.63, 3.8) is 0 Å². The Kier molecular flexibility index (Phi) is 5.08. The molecule has 1 aliphatic rings. The summed E-state index contributed by atoms with van der Waals surface area (Å²) >= 11 is 0. The van der Waals surface area contributed by atoms with Gasteiger partial charge in [0.05, 0.1) is 28.8 Å². The highest BCUT2D eigenvalue weighted by atomic mass is 32.2. The number of β-amino-alcohol motifs (C(OH)–C–C–N with tert-alkyl or cyclic N) is 1. The van der Waals surface area contributed by atoms with Crippen molar-refractivity contribution in [2.24, 2.45) is 0 Å². The van der Waals surface area contributed by atoms with E-state index in [-0.39, 0.29) is 17.5 Å². The number of benzene rings is 1. The Morgan fingerprint density at radius 2 is 1.92 bits per heavy atom. The molecule has 1 unspecified atom stereocenters. The maximum atomic E-state index is 13.0. The van der Waals surface area contributed by atoms with Crippen molar-refractivity contribution in [1.82, 2.24) is 9.29 Å². The predicted octanol–water partition coefficient (Wildman–Crippen LogP) is 2.37. The first kappa shape index (κ1) is 17.8. The molecule has 1 aliphatic heterocycles. The van der Waals surface area contributed by atoms with E-state index in [1.165, 1.54) is 16.4 Å². The molecule has 6 nitrogen and oxygen atoms in total. The number of aliphatic hydroxyl groups excluding tert-OH is 1. The normalized spacial score (nSPS) is 21.6. The molecule has 2 heterocycles. The second-order valence-corrected chi connectivity index (χ2v) is 8.26. The van der Waals surface area contributed by atoms with E-state index in [1.807, 2.05) is 19.9 Å². The predicted molar refractivity (Wildman–Crippen MR) is 93.7 cm³/mol. The van der Waals surface area contributed by atoms with Gasteiger partial charge in [-0.1, -0.05) is 6.07 Å². The van der Waals surface area contributed by atoms with E-state index in [4.69, 9.17) is 4.74 Å². The van der Waals surface area contributed by atoms with Crippen molar-refractivity contribution in [1.29, 1.82) is 0 Å². The molecule has 0 bridgehead atoms. The first-order valence-corrected chi connectivity index (χ1v) is 9.69. The molecule has 3 rings (SSSR count). The fourth-order valence-electron chi connectivity index (χ4n) is 2.99. The topological polar surface area (TPSA) is 79.7 Å². The Bertz CT molecular complexity index is 807. The van der Waals surface area contributed by atoms with Crippen LogP contribution >= 0.6 is 0 Å². The van der Waals surface area contributed by atoms with Gasteiger partial charge in [0, 0.05) is 12.7 Å². The van der Waals surface area contributed by atoms with Gasteiger partial charge >= 0.3 is 0 Å². The minimum Gasteiger partial charge on any atom is -0.491 e. The van der Waals surface area contributed by atoms with Gasteiger partial charge in [0.2, 0.25) is 10.0 Å². The van der Waals surface area contributed by atoms with Crippen molar-refractivity contribution < 1.29 is 18.3 Å². The zero-order valence-electron chi connectivity index (χ0n) is 14.2. The average molecular weight is 362 g/mol. The molecule has 0 amide bonds. The van der Waals surface area contributed by atoms with Gasteiger partial charge in [0.1, 0.15) is 5.75 Å². The van der Waals surface area contributed by atoms with E-state index in [0.717, 1.165) is 0 Å². The van der Waals surface area contributed by atoms with E-state index in [0.29, 0.717) is 17.9 Å². The van der Waals surface area contributed by atoms with E-state index >= 15 is 0 Å². The van der Waals surface area contributed by atoms with E-state index in [1.54, 1.807) is 30.5 Å². The first-order valence-electron chi connectivity index (χ1n) is 8.25. The molecular weight excluding hydrogens is 340 g/mol. The van der Waals surface area contributed by atoms with Gasteiger partial charge in [0.15, 0.2) is 0 Å². The molecule has 2 atom stereocenters. The highest BCUT2D eigenvalue weighted by Gasteiger charge is 2.41. The molecule has 1 aromatic carbocycles. The molecule has 0 aliphatic carbocycles. The van der Waals surface area contributed by atoms with E-state index in [2.05, 4.69) is 4.98 Å². The summed E-state index contributed by atoms with van der Waals surface area (Å²) in [4.78, 5) is 4.44. The maximum absolute atomic E-state index is 13.0. The third kappa shape index (κ3) is 3.84. The fraction of sp³-hybridized carbons (Fsp3) is 0.389. The molecule has 1 N–H and O–H groups in total. The van der Waals surface area contributed by atoms with Crippen molar-refractivity contribution >= 4 is 10.0 Å². The molecule has 0 saturated carbocycles. The zero-order chi connectivity index (χ0) is 18.0. The molecule has 1 fully saturated rings. The van der Waals surface area contributed by atoms with Gasteiger partial charge in [-0.15, -0.1) is 0 Å². The number of pyridine rings is 1. The highest BCUT2D eigenvalue weighted by molar-refractivity contribution is 7.89. The fourth-order valence-corrected chi connectivity index (χ4v) is 4.64. The Balaban J connectivity index is 1.90. The number of aromatic nitrogens is 1. The van der Waals surface area contributed by atoms with Crippen molar-refractivity contribution in [3.05, 3.63) is 54.4 Å². The Morgan fingerprint density at radius 1 is 1.20 bits per heavy atom. The smallest absolute Gasteiger partial charge is 0.243 e. The quantitative estimate of drug-likeness (QED) is 0.883. The number of aliphatic hydroxyl groups is 1. The summed E-state index contributed by atoms with van der Waals surface area (Å²) < 4.78 is 33.0. The van der Waals surface area contributed by atoms with E-state index in [9.17, 15) is 13.5 Å². The number of hydrogen-bond acceptors (Lipinski definition) is 5. The number of hydrogen-bond donors (Lipinski definition) is 1. The highest BCUT2D eigenvalue weighted by Crippen LogP contribution is 2.36. The minimum atomic E-state index is -3.74. The van der Waals surface area contributed by atoms with Crippen molar-refractivity contribution in [2.75, 3.05) is 6.54 Å². The molecule has 0 radical (unpaired) electrons. The second-order valence-electron chi connectivity index (χ2n) is 6.37. The number of rotatable bonds is 5. The molecular formula is C18H22N2O4S. The van der Waals surface area contributed by atoms with Gasteiger partial charge < -0.3 is 9.84 Å². The molecule has 2 aromatic rings. The molecule has 1 aromatic heterocycles. The van der Waals surface area contributed by atoms with Crippen LogP contribution in [-0.4, -0.2) is 41.6 Å². The number of ether oxygens (including phenoxy) is 1. The van der Waals surface area contributed by atoms with Gasteiger partial charge in [0.25, 0.3) is 0 Å². The van der Waals surface area contributed by atoms with Crippen LogP contribution in [0.4, 0.5) is 0 Å². The monoisotopic (exact) mass is 362 g/mol. The zero-order valence-corrected chi connectivity index (χ0v) is 15.1. The SMILES string of the molecule is CC(C)Oc1ccc(S(=O)(=O)N2C[C@H](O)CC2c2ccccn2)cc1. The van der Waals surface area contributed by atoms with Crippen molar-refractivity contribution in [3.8, 4) is 5.75 Å². The maximum Gasteiger partial charge on any atom is 0.243 e. The standard InChI is InChI=1S/C18H22N2O4S/c1-13(2)24-15-6-8-16(9-7-15)25(22,23)20-12-14(21)11-18(20)17-5-3-4-10-19-17/h3-10,13-14,18,21H,11-12H2,1-2H3/t14-,18?/m1/s1. The van der Waals surface area contributed by atoms with Crippen LogP contribution in [0.1, 0.15) is 32.0 Å². The Labute approximate surface area is 148 Å². The first-order chi connectivity index (χ1) is 11.9. The Hall–Kier alpha value is -1.96. The van der Waals surface area contributed by atoms with Crippen LogP contribution in [-0.2, 0) is 10.0 Å². The van der Waals surface area contributed by atoms with Gasteiger partial charge in [-0.05, 0) is 56.7 Å². The van der Waals surface area contributed by atoms with Crippen LogP contribution in [0.5, 0.6) is 5.75 Å². The van der Waals surface area contributed by atoms with E-state index < -0.39 is 22.2 Å². The summed E-state index contributed by atoms with van der Waals surface area (Å²) in [6.45, 7) is 3.88. The summed E-state index contributed by atoms with van der Waals surface area (Å²) in [7, 11) is -3.74. The molecule has 7 heteroatoms. The average Bonchev–Trinajstić information content (AvgIpc) is 2.98. The molecule has 134 valence electrons. The van der Waals surface area contributed by atoms with Crippen LogP contribution in [0.3, 0.4) is 0 Å². The summed E-state index contributed by atoms with van der Waals surface area (Å²) in [5.74, 6) is 0.622. The minimum absolute atomic E-state index is 0.0183. The van der Waals surface area contributed by atoms with Gasteiger partial charge in [-0.25, -0.2) is 8.42 Å². The third-order valence-electron chi connectivity index (χ3n) is 4.06. The lowest BCUT2D eigenvalue weighted by Gasteiger charge is -2.23. The molecule has 25 heavy (non-hydrogen) atoms. The lowest BCUT2D eigenvalue weighted by molar-refractivity contribution is 0.188. The Morgan fingerprint density at radius 3 is 2.52 bits per heavy atom. The summed E-state index contributed by atoms with van der Waals surface area (Å²) in [5, 5.41) is 10.0. The third-order valence-corrected chi connectivity index (χ3v) is 5.95. The summed E-state index contributed by atoms with van der Waals surface area (Å²) in [5.41, 5.74) is 0.641. The lowest BCUT2D eigenvalue weighted by Crippen LogP contribution is -2.32. The van der Waals surface area contributed by atoms with Crippen LogP contribution in [0.2, 0.25) is 0 Å². The van der Waals surface area contributed by atoms with Crippen LogP contribution in [0, 0.1) is 0 Å². The van der Waals surface area contributed by atoms with Crippen LogP contribution in [0.15, 0.2) is 53.6 Å². The summed E-state index contributed by atoms with van der Waals surface area (Å²) in [6.07, 6.45) is 1.28. The van der Waals surface area contributed by atoms with Crippen LogP contribution < -0.4 is 4.74 Å². The second kappa shape index (κ2) is 7.11. The largest absolute Gasteiger partial charge is 0.491 e. The number of sulfonamides is 1. The molecule has 0 spiro atoms. The van der Waals surface area contributed by atoms with Crippen LogP contribution in [0.25, 0.3) is 0 Å². The van der Waals surface area contributed by atoms with Gasteiger partial charge in [-0.2, -0.15) is 4.31 Å². The molecule has 1 saturated heterocycles. The van der Waals surface area contributed by atoms with Crippen molar-refractivity contribution in [2.45, 2.75) is 43.4 Å². The number of nitrogens with zero attached hydrogens (tertiary/aromatic N) is 2. The lowest BCUT2D eigenvalue weighted by atomic mass is 10.1. The summed E-state index contributed by atoms with van der Waals surface area (Å²) in [6, 6.07) is 11.3.